The van der Waals surface area contributed by atoms with E-state index in [9.17, 15) is 13.2 Å². The molecular weight excluding hydrogens is 302 g/mol. The molecule has 20 heavy (non-hydrogen) atoms. The van der Waals surface area contributed by atoms with Crippen molar-refractivity contribution in [3.05, 3.63) is 23.2 Å². The Morgan fingerprint density at radius 1 is 1.35 bits per heavy atom. The highest BCUT2D eigenvalue weighted by Gasteiger charge is 2.49. The van der Waals surface area contributed by atoms with Crippen molar-refractivity contribution in [3.63, 3.8) is 0 Å². The highest BCUT2D eigenvalue weighted by molar-refractivity contribution is 7.91. The van der Waals surface area contributed by atoms with Crippen LogP contribution in [0.25, 0.3) is 0 Å². The molecule has 2 aliphatic heterocycles. The molecule has 0 spiro atoms. The van der Waals surface area contributed by atoms with Gasteiger partial charge in [0.2, 0.25) is 5.91 Å². The Kier molecular flexibility index (Phi) is 3.17. The maximum absolute atomic E-state index is 12.2. The van der Waals surface area contributed by atoms with E-state index in [1.54, 1.807) is 23.1 Å². The van der Waals surface area contributed by atoms with E-state index in [1.165, 1.54) is 7.11 Å². The van der Waals surface area contributed by atoms with Crippen molar-refractivity contribution < 1.29 is 17.9 Å². The van der Waals surface area contributed by atoms with Gasteiger partial charge in [0.1, 0.15) is 5.75 Å². The standard InChI is InChI=1S/C13H14ClNO4S/c1-19-12-3-2-9(14)5-10(12)15-11-7-20(17,18)6-8(11)4-13(15)16/h2-3,5,8,11H,4,6-7H2,1H3/t8-,11-/m0/s1. The SMILES string of the molecule is COc1ccc(Cl)cc1N1C(=O)C[C@H]2CS(=O)(=O)C[C@@H]21. The summed E-state index contributed by atoms with van der Waals surface area (Å²) in [4.78, 5) is 13.8. The lowest BCUT2D eigenvalue weighted by atomic mass is 10.0. The minimum atomic E-state index is -3.07. The third-order valence-electron chi connectivity index (χ3n) is 3.87. The van der Waals surface area contributed by atoms with E-state index in [-0.39, 0.29) is 35.8 Å². The number of fused-ring (bicyclic) bond motifs is 1. The number of rotatable bonds is 2. The Labute approximate surface area is 122 Å². The highest BCUT2D eigenvalue weighted by Crippen LogP contribution is 2.41. The molecule has 108 valence electrons. The second-order valence-electron chi connectivity index (χ2n) is 5.19. The summed E-state index contributed by atoms with van der Waals surface area (Å²) in [6.45, 7) is 0. The summed E-state index contributed by atoms with van der Waals surface area (Å²) in [6.07, 6.45) is 0.263. The Balaban J connectivity index is 2.05. The van der Waals surface area contributed by atoms with Crippen molar-refractivity contribution in [3.8, 4) is 5.75 Å². The topological polar surface area (TPSA) is 63.7 Å². The Bertz CT molecular complexity index is 673. The predicted octanol–water partition coefficient (Wildman–Crippen LogP) is 1.50. The zero-order valence-electron chi connectivity index (χ0n) is 10.9. The third-order valence-corrected chi connectivity index (χ3v) is 5.89. The van der Waals surface area contributed by atoms with Crippen LogP contribution in [0.1, 0.15) is 6.42 Å². The summed E-state index contributed by atoms with van der Waals surface area (Å²) in [5.74, 6) is 0.418. The van der Waals surface area contributed by atoms with E-state index in [1.807, 2.05) is 0 Å². The fourth-order valence-electron chi connectivity index (χ4n) is 3.05. The first kappa shape index (κ1) is 13.7. The van der Waals surface area contributed by atoms with Crippen LogP contribution >= 0.6 is 11.6 Å². The number of anilines is 1. The van der Waals surface area contributed by atoms with E-state index in [0.29, 0.717) is 16.5 Å². The lowest BCUT2D eigenvalue weighted by Gasteiger charge is -2.25. The number of hydrogen-bond donors (Lipinski definition) is 0. The molecular formula is C13H14ClNO4S. The molecule has 2 saturated heterocycles. The molecule has 2 atom stereocenters. The maximum Gasteiger partial charge on any atom is 0.227 e. The number of sulfone groups is 1. The lowest BCUT2D eigenvalue weighted by molar-refractivity contribution is -0.117. The number of halogens is 1. The number of carbonyl (C=O) groups excluding carboxylic acids is 1. The van der Waals surface area contributed by atoms with Crippen LogP contribution in [0.5, 0.6) is 5.75 Å². The second-order valence-corrected chi connectivity index (χ2v) is 7.78. The van der Waals surface area contributed by atoms with Gasteiger partial charge in [0, 0.05) is 17.4 Å². The average Bonchev–Trinajstić information content (AvgIpc) is 2.79. The zero-order chi connectivity index (χ0) is 14.5. The first-order chi connectivity index (χ1) is 9.41. The zero-order valence-corrected chi connectivity index (χ0v) is 12.4. The molecule has 0 saturated carbocycles. The number of ether oxygens (including phenoxy) is 1. The fourth-order valence-corrected chi connectivity index (χ4v) is 5.29. The van der Waals surface area contributed by atoms with E-state index < -0.39 is 9.84 Å². The molecule has 5 nitrogen and oxygen atoms in total. The van der Waals surface area contributed by atoms with Crippen LogP contribution in [-0.4, -0.2) is 39.0 Å². The van der Waals surface area contributed by atoms with Gasteiger partial charge in [-0.2, -0.15) is 0 Å². The Hall–Kier alpha value is -1.27. The van der Waals surface area contributed by atoms with Gasteiger partial charge in [-0.05, 0) is 18.2 Å². The van der Waals surface area contributed by atoms with E-state index >= 15 is 0 Å². The molecule has 2 heterocycles. The number of nitrogens with zero attached hydrogens (tertiary/aromatic N) is 1. The molecule has 0 N–H and O–H groups in total. The van der Waals surface area contributed by atoms with Crippen molar-refractivity contribution >= 4 is 33.0 Å². The number of carbonyl (C=O) groups is 1. The van der Waals surface area contributed by atoms with Crippen molar-refractivity contribution in [2.75, 3.05) is 23.5 Å². The minimum absolute atomic E-state index is 0.0130. The molecule has 1 amide bonds. The van der Waals surface area contributed by atoms with Crippen molar-refractivity contribution in [2.24, 2.45) is 5.92 Å². The molecule has 7 heteroatoms. The summed E-state index contributed by atoms with van der Waals surface area (Å²) in [5, 5.41) is 0.484. The van der Waals surface area contributed by atoms with Crippen molar-refractivity contribution in [1.29, 1.82) is 0 Å². The van der Waals surface area contributed by atoms with Crippen LogP contribution in [0, 0.1) is 5.92 Å². The molecule has 0 unspecified atom stereocenters. The lowest BCUT2D eigenvalue weighted by Crippen LogP contribution is -2.36. The maximum atomic E-state index is 12.2. The second kappa shape index (κ2) is 4.63. The van der Waals surface area contributed by atoms with E-state index in [0.717, 1.165) is 0 Å². The summed E-state index contributed by atoms with van der Waals surface area (Å²) in [6, 6.07) is 4.69. The van der Waals surface area contributed by atoms with Gasteiger partial charge < -0.3 is 9.64 Å². The molecule has 0 bridgehead atoms. The first-order valence-electron chi connectivity index (χ1n) is 6.27. The van der Waals surface area contributed by atoms with Crippen LogP contribution in [0.4, 0.5) is 5.69 Å². The molecule has 2 aliphatic rings. The highest BCUT2D eigenvalue weighted by atomic mass is 35.5. The molecule has 3 rings (SSSR count). The number of benzene rings is 1. The molecule has 1 aromatic carbocycles. The molecule has 2 fully saturated rings. The largest absolute Gasteiger partial charge is 0.495 e. The number of methoxy groups -OCH3 is 1. The van der Waals surface area contributed by atoms with Gasteiger partial charge in [0.15, 0.2) is 9.84 Å². The van der Waals surface area contributed by atoms with Crippen LogP contribution in [0.15, 0.2) is 18.2 Å². The number of hydrogen-bond acceptors (Lipinski definition) is 4. The van der Waals surface area contributed by atoms with Gasteiger partial charge >= 0.3 is 0 Å². The monoisotopic (exact) mass is 315 g/mol. The quantitative estimate of drug-likeness (QED) is 0.829. The van der Waals surface area contributed by atoms with Crippen LogP contribution in [-0.2, 0) is 14.6 Å². The molecule has 0 aliphatic carbocycles. The van der Waals surface area contributed by atoms with Crippen molar-refractivity contribution in [2.45, 2.75) is 12.5 Å². The molecule has 1 aromatic rings. The van der Waals surface area contributed by atoms with Gasteiger partial charge in [-0.15, -0.1) is 0 Å². The van der Waals surface area contributed by atoms with Gasteiger partial charge in [-0.25, -0.2) is 8.42 Å². The van der Waals surface area contributed by atoms with Crippen LogP contribution in [0.2, 0.25) is 5.02 Å². The molecule has 0 radical (unpaired) electrons. The normalized spacial score (nSPS) is 27.7. The van der Waals surface area contributed by atoms with Gasteiger partial charge in [-0.3, -0.25) is 4.79 Å². The Morgan fingerprint density at radius 2 is 2.10 bits per heavy atom. The Morgan fingerprint density at radius 3 is 2.80 bits per heavy atom. The molecule has 0 aromatic heterocycles. The fraction of sp³-hybridized carbons (Fsp3) is 0.462. The van der Waals surface area contributed by atoms with E-state index in [2.05, 4.69) is 0 Å². The third kappa shape index (κ3) is 2.16. The first-order valence-corrected chi connectivity index (χ1v) is 8.47. The summed E-state index contributed by atoms with van der Waals surface area (Å²) in [7, 11) is -1.56. The van der Waals surface area contributed by atoms with E-state index in [4.69, 9.17) is 16.3 Å². The minimum Gasteiger partial charge on any atom is -0.495 e. The van der Waals surface area contributed by atoms with Crippen LogP contribution in [0.3, 0.4) is 0 Å². The van der Waals surface area contributed by atoms with Gasteiger partial charge in [-0.1, -0.05) is 11.6 Å². The summed E-state index contributed by atoms with van der Waals surface area (Å²) in [5.41, 5.74) is 0.551. The van der Waals surface area contributed by atoms with Gasteiger partial charge in [0.05, 0.1) is 30.3 Å². The number of amides is 1. The summed E-state index contributed by atoms with van der Waals surface area (Å²) < 4.78 is 28.8. The average molecular weight is 316 g/mol. The van der Waals surface area contributed by atoms with Gasteiger partial charge in [0.25, 0.3) is 0 Å². The smallest absolute Gasteiger partial charge is 0.227 e. The predicted molar refractivity (Wildman–Crippen MR) is 76.0 cm³/mol. The van der Waals surface area contributed by atoms with Crippen LogP contribution < -0.4 is 9.64 Å². The van der Waals surface area contributed by atoms with Crippen molar-refractivity contribution in [1.82, 2.24) is 0 Å². The summed E-state index contributed by atoms with van der Waals surface area (Å²) >= 11 is 5.99.